The average Bonchev–Trinajstić information content (AvgIpc) is 2.51. The van der Waals surface area contributed by atoms with Crippen LogP contribution in [0.5, 0.6) is 5.75 Å². The average molecular weight is 361 g/mol. The molecule has 1 unspecified atom stereocenters. The molecule has 1 aromatic rings. The fraction of sp³-hybridized carbons (Fsp3) is 0.286. The molecule has 2 N–H and O–H groups in total. The summed E-state index contributed by atoms with van der Waals surface area (Å²) in [5, 5.41) is 11.2. The minimum absolute atomic E-state index is 0.106. The number of hydrogen-bond acceptors (Lipinski definition) is 6. The molecule has 8 nitrogen and oxygen atoms in total. The highest BCUT2D eigenvalue weighted by molar-refractivity contribution is 7.86. The predicted octanol–water partition coefficient (Wildman–Crippen LogP) is 1.26. The number of aliphatic carboxylic acids is 1. The fourth-order valence-electron chi connectivity index (χ4n) is 1.79. The molecule has 0 aliphatic heterocycles. The number of carboxylic acid groups (broad SMARTS) is 1. The highest BCUT2D eigenvalue weighted by atomic mass is 32.3. The summed E-state index contributed by atoms with van der Waals surface area (Å²) in [4.78, 5) is 21.9. The van der Waals surface area contributed by atoms with Gasteiger partial charge in [-0.3, -0.25) is 0 Å². The molecular weight excluding hydrogens is 345 g/mol. The maximum absolute atomic E-state index is 13.3. The van der Waals surface area contributed by atoms with Crippen LogP contribution in [0.2, 0.25) is 0 Å². The Morgan fingerprint density at radius 3 is 2.62 bits per heavy atom. The van der Waals surface area contributed by atoms with E-state index in [-0.39, 0.29) is 24.3 Å². The van der Waals surface area contributed by atoms with E-state index >= 15 is 0 Å². The number of hydrogen-bond donors (Lipinski definition) is 2. The van der Waals surface area contributed by atoms with Gasteiger partial charge in [0, 0.05) is 6.42 Å². The number of benzene rings is 1. The van der Waals surface area contributed by atoms with E-state index in [1.807, 2.05) is 0 Å². The maximum Gasteiger partial charge on any atom is 0.408 e. The lowest BCUT2D eigenvalue weighted by Gasteiger charge is -2.15. The van der Waals surface area contributed by atoms with Crippen LogP contribution in [0.1, 0.15) is 5.56 Å². The van der Waals surface area contributed by atoms with E-state index in [0.29, 0.717) is 0 Å². The lowest BCUT2D eigenvalue weighted by molar-refractivity contribution is -0.139. The molecule has 1 aromatic carbocycles. The smallest absolute Gasteiger partial charge is 0.408 e. The second-order valence-corrected chi connectivity index (χ2v) is 5.87. The lowest BCUT2D eigenvalue weighted by Crippen LogP contribution is -2.42. The van der Waals surface area contributed by atoms with Crippen molar-refractivity contribution in [1.82, 2.24) is 5.32 Å². The largest absolute Gasteiger partial charge is 0.495 e. The number of carboxylic acids is 1. The summed E-state index contributed by atoms with van der Waals surface area (Å²) in [6.45, 7) is 3.23. The summed E-state index contributed by atoms with van der Waals surface area (Å²) in [5.41, 5.74) is 0.170. The molecule has 1 amide bonds. The number of carbonyl (C=O) groups excluding carboxylic acids is 1. The van der Waals surface area contributed by atoms with Crippen LogP contribution in [0.4, 0.5) is 8.68 Å². The van der Waals surface area contributed by atoms with Gasteiger partial charge in [0.2, 0.25) is 0 Å². The Balaban J connectivity index is 3.01. The zero-order valence-corrected chi connectivity index (χ0v) is 13.5. The molecule has 1 atom stereocenters. The Labute approximate surface area is 138 Å². The Morgan fingerprint density at radius 1 is 1.46 bits per heavy atom. The van der Waals surface area contributed by atoms with Crippen LogP contribution in [0.3, 0.4) is 0 Å². The molecule has 0 spiro atoms. The molecule has 0 radical (unpaired) electrons. The van der Waals surface area contributed by atoms with Crippen LogP contribution < -0.4 is 10.1 Å². The highest BCUT2D eigenvalue weighted by Gasteiger charge is 2.24. The first-order chi connectivity index (χ1) is 11.2. The van der Waals surface area contributed by atoms with Gasteiger partial charge in [0.15, 0.2) is 0 Å². The molecule has 0 saturated carbocycles. The number of methoxy groups -OCH3 is 1. The summed E-state index contributed by atoms with van der Waals surface area (Å²) in [6.07, 6.45) is 0.0385. The number of rotatable bonds is 8. The van der Waals surface area contributed by atoms with Crippen molar-refractivity contribution in [3.05, 3.63) is 36.4 Å². The Hall–Kier alpha value is -2.62. The number of nitrogens with one attached hydrogen (secondary N) is 1. The van der Waals surface area contributed by atoms with Crippen LogP contribution in [-0.2, 0) is 26.2 Å². The van der Waals surface area contributed by atoms with Gasteiger partial charge in [0.25, 0.3) is 0 Å². The summed E-state index contributed by atoms with van der Waals surface area (Å²) in [7, 11) is -3.89. The topological polar surface area (TPSA) is 119 Å². The van der Waals surface area contributed by atoms with Crippen molar-refractivity contribution in [2.75, 3.05) is 13.7 Å². The summed E-state index contributed by atoms with van der Waals surface area (Å²) < 4.78 is 44.9. The van der Waals surface area contributed by atoms with E-state index in [9.17, 15) is 21.9 Å². The van der Waals surface area contributed by atoms with Crippen LogP contribution in [0.25, 0.3) is 0 Å². The summed E-state index contributed by atoms with van der Waals surface area (Å²) >= 11 is 0. The van der Waals surface area contributed by atoms with Gasteiger partial charge >= 0.3 is 22.3 Å². The standard InChI is InChI=1S/C14H16FNO7S/c1-3-6-23-14(19)16-10(13(17)18)7-9-4-5-11(22-2)12(8-9)24(15,20)21/h3-5,8,10H,1,6-7H2,2H3,(H,16,19)(H,17,18). The van der Waals surface area contributed by atoms with E-state index in [1.165, 1.54) is 25.3 Å². The second-order valence-electron chi connectivity index (χ2n) is 4.55. The van der Waals surface area contributed by atoms with Crippen LogP contribution in [0.15, 0.2) is 35.7 Å². The number of carbonyl (C=O) groups is 2. The third-order valence-electron chi connectivity index (χ3n) is 2.85. The third kappa shape index (κ3) is 5.54. The molecular formula is C14H16FNO7S. The summed E-state index contributed by atoms with van der Waals surface area (Å²) in [6, 6.07) is 2.10. The van der Waals surface area contributed by atoms with Gasteiger partial charge in [-0.05, 0) is 17.7 Å². The van der Waals surface area contributed by atoms with Crippen molar-refractivity contribution in [2.45, 2.75) is 17.4 Å². The van der Waals surface area contributed by atoms with Crippen LogP contribution >= 0.6 is 0 Å². The van der Waals surface area contributed by atoms with Crippen molar-refractivity contribution in [2.24, 2.45) is 0 Å². The Bertz CT molecular complexity index is 733. The molecule has 24 heavy (non-hydrogen) atoms. The van der Waals surface area contributed by atoms with Gasteiger partial charge in [-0.25, -0.2) is 9.59 Å². The first-order valence-electron chi connectivity index (χ1n) is 6.57. The van der Waals surface area contributed by atoms with Gasteiger partial charge < -0.3 is 19.9 Å². The molecule has 10 heteroatoms. The quantitative estimate of drug-likeness (QED) is 0.528. The fourth-order valence-corrected chi connectivity index (χ4v) is 2.48. The monoisotopic (exact) mass is 361 g/mol. The molecule has 132 valence electrons. The molecule has 1 rings (SSSR count). The van der Waals surface area contributed by atoms with Crippen molar-refractivity contribution in [3.63, 3.8) is 0 Å². The molecule has 0 aliphatic carbocycles. The predicted molar refractivity (Wildman–Crippen MR) is 81.1 cm³/mol. The normalized spacial score (nSPS) is 12.1. The Morgan fingerprint density at radius 2 is 2.12 bits per heavy atom. The van der Waals surface area contributed by atoms with Crippen LogP contribution in [0, 0.1) is 0 Å². The Kier molecular flexibility index (Phi) is 6.71. The maximum atomic E-state index is 13.3. The van der Waals surface area contributed by atoms with E-state index in [4.69, 9.17) is 9.84 Å². The third-order valence-corrected chi connectivity index (χ3v) is 3.70. The van der Waals surface area contributed by atoms with Crippen molar-refractivity contribution in [1.29, 1.82) is 0 Å². The SMILES string of the molecule is C=CCOC(=O)NC(Cc1ccc(OC)c(S(=O)(=O)F)c1)C(=O)O. The molecule has 0 aliphatic rings. The number of ether oxygens (including phenoxy) is 2. The molecule has 0 fully saturated rings. The lowest BCUT2D eigenvalue weighted by atomic mass is 10.1. The van der Waals surface area contributed by atoms with Crippen LogP contribution in [-0.4, -0.2) is 45.3 Å². The van der Waals surface area contributed by atoms with Gasteiger partial charge in [0.05, 0.1) is 7.11 Å². The van der Waals surface area contributed by atoms with E-state index in [0.717, 1.165) is 6.07 Å². The van der Waals surface area contributed by atoms with E-state index < -0.39 is 33.2 Å². The molecule has 0 saturated heterocycles. The summed E-state index contributed by atoms with van der Waals surface area (Å²) in [5.74, 6) is -1.59. The molecule has 0 heterocycles. The minimum atomic E-state index is -5.05. The molecule has 0 aromatic heterocycles. The molecule has 0 bridgehead atoms. The number of amides is 1. The number of alkyl carbamates (subject to hydrolysis) is 1. The zero-order valence-electron chi connectivity index (χ0n) is 12.7. The van der Waals surface area contributed by atoms with Gasteiger partial charge in [-0.15, -0.1) is 3.89 Å². The number of halogens is 1. The van der Waals surface area contributed by atoms with Gasteiger partial charge in [0.1, 0.15) is 23.3 Å². The first-order valence-corrected chi connectivity index (χ1v) is 7.96. The van der Waals surface area contributed by atoms with Crippen molar-refractivity contribution in [3.8, 4) is 5.75 Å². The highest BCUT2D eigenvalue weighted by Crippen LogP contribution is 2.27. The minimum Gasteiger partial charge on any atom is -0.495 e. The van der Waals surface area contributed by atoms with E-state index in [2.05, 4.69) is 16.6 Å². The second kappa shape index (κ2) is 8.29. The van der Waals surface area contributed by atoms with Gasteiger partial charge in [-0.1, -0.05) is 18.7 Å². The van der Waals surface area contributed by atoms with Crippen molar-refractivity contribution >= 4 is 22.3 Å². The van der Waals surface area contributed by atoms with Crippen molar-refractivity contribution < 1.29 is 36.5 Å². The van der Waals surface area contributed by atoms with E-state index in [1.54, 1.807) is 0 Å². The first kappa shape index (κ1) is 19.4. The van der Waals surface area contributed by atoms with Gasteiger partial charge in [-0.2, -0.15) is 8.42 Å². The zero-order chi connectivity index (χ0) is 18.3.